The highest BCUT2D eigenvalue weighted by atomic mass is 19.1. The minimum absolute atomic E-state index is 0.0930. The molecule has 0 saturated heterocycles. The molecule has 1 saturated carbocycles. The van der Waals surface area contributed by atoms with E-state index in [0.29, 0.717) is 31.2 Å². The number of halogens is 1. The lowest BCUT2D eigenvalue weighted by molar-refractivity contribution is -0.129. The average Bonchev–Trinajstić information content (AvgIpc) is 3.84. The minimum atomic E-state index is -0.630. The molecular formula is C38H45FN2O3. The van der Waals surface area contributed by atoms with Crippen LogP contribution in [0.25, 0.3) is 10.8 Å². The molecular weight excluding hydrogens is 551 g/mol. The predicted octanol–water partition coefficient (Wildman–Crippen LogP) is 7.42. The molecule has 6 heteroatoms. The molecule has 0 heterocycles. The summed E-state index contributed by atoms with van der Waals surface area (Å²) in [6, 6.07) is 23.2. The van der Waals surface area contributed by atoms with Crippen LogP contribution < -0.4 is 10.6 Å². The van der Waals surface area contributed by atoms with Crippen molar-refractivity contribution in [3.63, 3.8) is 0 Å². The standard InChI is InChI=1S/C22H23NO.C12H16FN.C4H6O2/c1-2-16-7-5-6-10-20(16)21(24)23-22(13-14-22)19-12-11-17-8-3-4-9-18(17)15-19;1-4-6-12(13)9-8-11(2)7-5-10-14-3;1-2-4(6)3-5/h3-12,15,21,23-24H,2,13-14H2,1H3;6,8-9,14H,2,4,10H2,1,3H3;3H,2H2,1H3/b;9-8-,12-6+;. The van der Waals surface area contributed by atoms with Crippen molar-refractivity contribution in [3.05, 3.63) is 120 Å². The molecule has 1 fully saturated rings. The summed E-state index contributed by atoms with van der Waals surface area (Å²) in [4.78, 5) is 19.2. The van der Waals surface area contributed by atoms with Crippen LogP contribution >= 0.6 is 0 Å². The maximum absolute atomic E-state index is 12.8. The van der Waals surface area contributed by atoms with E-state index in [1.165, 1.54) is 34.1 Å². The van der Waals surface area contributed by atoms with Crippen molar-refractivity contribution in [1.29, 1.82) is 0 Å². The van der Waals surface area contributed by atoms with Crippen molar-refractivity contribution in [2.45, 2.75) is 64.6 Å². The number of carbonyl (C=O) groups is 2. The molecule has 4 rings (SSSR count). The molecule has 1 unspecified atom stereocenters. The van der Waals surface area contributed by atoms with Crippen LogP contribution in [-0.2, 0) is 21.5 Å². The molecule has 0 radical (unpaired) electrons. The van der Waals surface area contributed by atoms with Gasteiger partial charge in [0.2, 0.25) is 0 Å². The summed E-state index contributed by atoms with van der Waals surface area (Å²) in [5.74, 6) is 5.05. The number of aliphatic hydroxyl groups excluding tert-OH is 1. The molecule has 3 N–H and O–H groups in total. The van der Waals surface area contributed by atoms with Crippen LogP contribution in [0.4, 0.5) is 4.39 Å². The van der Waals surface area contributed by atoms with Gasteiger partial charge >= 0.3 is 0 Å². The second kappa shape index (κ2) is 19.2. The van der Waals surface area contributed by atoms with E-state index in [9.17, 15) is 19.1 Å². The van der Waals surface area contributed by atoms with E-state index in [0.717, 1.165) is 24.8 Å². The third-order valence-corrected chi connectivity index (χ3v) is 7.03. The number of hydrogen-bond donors (Lipinski definition) is 3. The van der Waals surface area contributed by atoms with E-state index in [2.05, 4.69) is 84.5 Å². The van der Waals surface area contributed by atoms with E-state index in [4.69, 9.17) is 0 Å². The van der Waals surface area contributed by atoms with Gasteiger partial charge in [0.15, 0.2) is 12.1 Å². The summed E-state index contributed by atoms with van der Waals surface area (Å²) in [5, 5.41) is 19.7. The van der Waals surface area contributed by atoms with E-state index >= 15 is 0 Å². The molecule has 0 amide bonds. The van der Waals surface area contributed by atoms with Crippen LogP contribution in [0.15, 0.2) is 103 Å². The minimum Gasteiger partial charge on any atom is -0.374 e. The highest BCUT2D eigenvalue weighted by Crippen LogP contribution is 2.47. The van der Waals surface area contributed by atoms with Gasteiger partial charge in [0.05, 0.1) is 6.54 Å². The van der Waals surface area contributed by atoms with Gasteiger partial charge in [-0.25, -0.2) is 4.39 Å². The number of nitrogens with one attached hydrogen (secondary N) is 2. The summed E-state index contributed by atoms with van der Waals surface area (Å²) in [5.41, 5.74) is 3.98. The smallest absolute Gasteiger partial charge is 0.194 e. The molecule has 3 aromatic carbocycles. The van der Waals surface area contributed by atoms with Crippen LogP contribution in [0.2, 0.25) is 0 Å². The number of fused-ring (bicyclic) bond motifs is 1. The van der Waals surface area contributed by atoms with Gasteiger partial charge in [-0.1, -0.05) is 99.9 Å². The number of aryl methyl sites for hydroxylation is 1. The average molecular weight is 597 g/mol. The number of allylic oxidation sites excluding steroid dienone is 5. The van der Waals surface area contributed by atoms with Crippen LogP contribution in [-0.4, -0.2) is 30.8 Å². The van der Waals surface area contributed by atoms with Gasteiger partial charge in [0, 0.05) is 17.5 Å². The Bertz CT molecular complexity index is 1510. The van der Waals surface area contributed by atoms with Gasteiger partial charge in [-0.05, 0) is 84.5 Å². The quantitative estimate of drug-likeness (QED) is 0.0706. The fraction of sp³-hybridized carbons (Fsp3) is 0.316. The van der Waals surface area contributed by atoms with Crippen molar-refractivity contribution in [2.24, 2.45) is 0 Å². The number of ketones is 1. The molecule has 5 nitrogen and oxygen atoms in total. The number of aldehydes is 1. The normalized spacial score (nSPS) is 13.8. The third kappa shape index (κ3) is 11.9. The van der Waals surface area contributed by atoms with Gasteiger partial charge in [0.1, 0.15) is 12.1 Å². The molecule has 44 heavy (non-hydrogen) atoms. The molecule has 0 aliphatic heterocycles. The Hall–Kier alpha value is -4.15. The highest BCUT2D eigenvalue weighted by Gasteiger charge is 2.45. The lowest BCUT2D eigenvalue weighted by Crippen LogP contribution is -2.33. The zero-order valence-electron chi connectivity index (χ0n) is 26.3. The molecule has 3 aromatic rings. The maximum atomic E-state index is 12.8. The van der Waals surface area contributed by atoms with E-state index in [1.54, 1.807) is 13.0 Å². The third-order valence-electron chi connectivity index (χ3n) is 7.03. The highest BCUT2D eigenvalue weighted by molar-refractivity contribution is 6.24. The summed E-state index contributed by atoms with van der Waals surface area (Å²) >= 11 is 0. The zero-order valence-corrected chi connectivity index (χ0v) is 26.3. The van der Waals surface area contributed by atoms with Crippen LogP contribution in [0.5, 0.6) is 0 Å². The largest absolute Gasteiger partial charge is 0.374 e. The first-order chi connectivity index (χ1) is 21.2. The Kier molecular flexibility index (Phi) is 15.7. The number of Topliss-reactive ketones (excluding diaryl/α,β-unsaturated/α-hetero) is 1. The Morgan fingerprint density at radius 2 is 1.73 bits per heavy atom. The monoisotopic (exact) mass is 596 g/mol. The second-order valence-electron chi connectivity index (χ2n) is 10.4. The molecule has 1 aliphatic carbocycles. The Morgan fingerprint density at radius 1 is 1.05 bits per heavy atom. The van der Waals surface area contributed by atoms with Crippen molar-refractivity contribution in [3.8, 4) is 11.8 Å². The Labute approximate surface area is 262 Å². The van der Waals surface area contributed by atoms with Gasteiger partial charge in [-0.3, -0.25) is 14.9 Å². The van der Waals surface area contributed by atoms with Crippen molar-refractivity contribution >= 4 is 22.8 Å². The summed E-state index contributed by atoms with van der Waals surface area (Å²) in [6.07, 6.45) is 8.23. The first-order valence-electron chi connectivity index (χ1n) is 15.1. The summed E-state index contributed by atoms with van der Waals surface area (Å²) < 4.78 is 12.8. The SMILES string of the molecule is C=C(C#CCNC)/C=C\C(F)=C/CC.CCC(=O)C=O.CCc1ccccc1C(O)NC1(c2ccc3ccccc3c2)CC1. The van der Waals surface area contributed by atoms with Crippen LogP contribution in [0, 0.1) is 11.8 Å². The first kappa shape index (κ1) is 36.0. The maximum Gasteiger partial charge on any atom is 0.194 e. The number of hydrogen-bond acceptors (Lipinski definition) is 5. The van der Waals surface area contributed by atoms with Gasteiger partial charge in [0.25, 0.3) is 0 Å². The van der Waals surface area contributed by atoms with E-state index in [1.807, 2.05) is 32.2 Å². The Balaban J connectivity index is 0.000000287. The summed E-state index contributed by atoms with van der Waals surface area (Å²) in [6.45, 7) is 9.95. The fourth-order valence-corrected chi connectivity index (χ4v) is 4.41. The molecule has 1 aliphatic rings. The number of benzene rings is 3. The molecule has 1 atom stereocenters. The van der Waals surface area contributed by atoms with Gasteiger partial charge in [-0.2, -0.15) is 0 Å². The molecule has 232 valence electrons. The summed E-state index contributed by atoms with van der Waals surface area (Å²) in [7, 11) is 1.82. The number of rotatable bonds is 11. The van der Waals surface area contributed by atoms with Crippen LogP contribution in [0.3, 0.4) is 0 Å². The van der Waals surface area contributed by atoms with E-state index < -0.39 is 6.23 Å². The first-order valence-corrected chi connectivity index (χ1v) is 15.1. The van der Waals surface area contributed by atoms with Crippen LogP contribution in [0.1, 0.15) is 69.4 Å². The zero-order chi connectivity index (χ0) is 32.4. The fourth-order valence-electron chi connectivity index (χ4n) is 4.41. The molecule has 0 spiro atoms. The molecule has 0 aromatic heterocycles. The van der Waals surface area contributed by atoms with Crippen molar-refractivity contribution in [2.75, 3.05) is 13.6 Å². The van der Waals surface area contributed by atoms with Crippen molar-refractivity contribution in [1.82, 2.24) is 10.6 Å². The lowest BCUT2D eigenvalue weighted by Gasteiger charge is -2.24. The Morgan fingerprint density at radius 3 is 2.32 bits per heavy atom. The number of aliphatic hydroxyl groups is 1. The molecule has 0 bridgehead atoms. The topological polar surface area (TPSA) is 78.4 Å². The predicted molar refractivity (Wildman–Crippen MR) is 180 cm³/mol. The van der Waals surface area contributed by atoms with Gasteiger partial charge < -0.3 is 10.4 Å². The van der Waals surface area contributed by atoms with Gasteiger partial charge in [-0.15, -0.1) is 0 Å². The number of carbonyl (C=O) groups excluding carboxylic acids is 2. The van der Waals surface area contributed by atoms with E-state index in [-0.39, 0.29) is 17.1 Å². The van der Waals surface area contributed by atoms with Crippen molar-refractivity contribution < 1.29 is 19.1 Å². The lowest BCUT2D eigenvalue weighted by atomic mass is 9.98. The second-order valence-corrected chi connectivity index (χ2v) is 10.4.